The summed E-state index contributed by atoms with van der Waals surface area (Å²) in [5.74, 6) is 2.33. The average Bonchev–Trinajstić information content (AvgIpc) is 2.73. The van der Waals surface area contributed by atoms with Crippen LogP contribution in [0.5, 0.6) is 0 Å². The van der Waals surface area contributed by atoms with Crippen molar-refractivity contribution >= 4 is 10.9 Å². The second-order valence-corrected chi connectivity index (χ2v) is 3.93. The van der Waals surface area contributed by atoms with Crippen LogP contribution in [0.2, 0.25) is 0 Å². The van der Waals surface area contributed by atoms with Crippen LogP contribution in [-0.4, -0.2) is 16.2 Å². The van der Waals surface area contributed by atoms with E-state index in [0.29, 0.717) is 6.42 Å². The molecule has 1 unspecified atom stereocenters. The summed E-state index contributed by atoms with van der Waals surface area (Å²) in [6.07, 6.45) is 9.06. The first-order valence-electron chi connectivity index (χ1n) is 5.50. The molecule has 82 valence electrons. The van der Waals surface area contributed by atoms with E-state index >= 15 is 0 Å². The normalized spacial score (nSPS) is 12.5. The largest absolute Gasteiger partial charge is 0.380 e. The van der Waals surface area contributed by atoms with Gasteiger partial charge in [-0.05, 0) is 30.9 Å². The first-order valence-corrected chi connectivity index (χ1v) is 5.50. The van der Waals surface area contributed by atoms with E-state index < -0.39 is 6.10 Å². The molecule has 1 aromatic heterocycles. The number of aliphatic hydroxyl groups is 1. The molecule has 0 aliphatic rings. The molecule has 1 atom stereocenters. The van der Waals surface area contributed by atoms with Crippen LogP contribution in [0.15, 0.2) is 30.5 Å². The Labute approximate surface area is 95.3 Å². The smallest absolute Gasteiger partial charge is 0.114 e. The molecule has 0 amide bonds. The molecule has 0 saturated heterocycles. The average molecular weight is 213 g/mol. The third kappa shape index (κ3) is 2.26. The number of terminal acetylenes is 1. The highest BCUT2D eigenvalue weighted by atomic mass is 16.3. The van der Waals surface area contributed by atoms with Crippen LogP contribution in [0.1, 0.15) is 18.4 Å². The third-order valence-corrected chi connectivity index (χ3v) is 2.79. The molecule has 0 aliphatic heterocycles. The first-order chi connectivity index (χ1) is 7.81. The summed E-state index contributed by atoms with van der Waals surface area (Å²) in [5.41, 5.74) is 2.45. The van der Waals surface area contributed by atoms with Crippen LogP contribution in [0, 0.1) is 12.3 Å². The van der Waals surface area contributed by atoms with Crippen molar-refractivity contribution in [1.29, 1.82) is 0 Å². The van der Waals surface area contributed by atoms with Crippen LogP contribution in [0.3, 0.4) is 0 Å². The Morgan fingerprint density at radius 2 is 2.19 bits per heavy atom. The van der Waals surface area contributed by atoms with Crippen LogP contribution in [0.25, 0.3) is 10.9 Å². The molecule has 1 heterocycles. The van der Waals surface area contributed by atoms with Gasteiger partial charge in [-0.2, -0.15) is 0 Å². The molecule has 2 rings (SSSR count). The summed E-state index contributed by atoms with van der Waals surface area (Å²) in [6, 6.07) is 8.23. The molecule has 0 saturated carbocycles. The lowest BCUT2D eigenvalue weighted by Crippen LogP contribution is -2.02. The molecule has 2 N–H and O–H groups in total. The van der Waals surface area contributed by atoms with Crippen LogP contribution in [0.4, 0.5) is 0 Å². The maximum absolute atomic E-state index is 9.26. The van der Waals surface area contributed by atoms with Crippen molar-refractivity contribution in [1.82, 2.24) is 4.98 Å². The van der Waals surface area contributed by atoms with Crippen molar-refractivity contribution in [3.63, 3.8) is 0 Å². The van der Waals surface area contributed by atoms with Gasteiger partial charge in [0.15, 0.2) is 0 Å². The number of H-pyrrole nitrogens is 1. The lowest BCUT2D eigenvalue weighted by atomic mass is 10.1. The second kappa shape index (κ2) is 4.87. The van der Waals surface area contributed by atoms with E-state index in [1.54, 1.807) is 0 Å². The molecule has 0 aliphatic carbocycles. The quantitative estimate of drug-likeness (QED) is 0.752. The molecule has 2 aromatic rings. The van der Waals surface area contributed by atoms with Gasteiger partial charge in [-0.1, -0.05) is 24.1 Å². The zero-order chi connectivity index (χ0) is 11.4. The fourth-order valence-electron chi connectivity index (χ4n) is 1.91. The van der Waals surface area contributed by atoms with Crippen molar-refractivity contribution in [2.24, 2.45) is 0 Å². The van der Waals surface area contributed by atoms with E-state index in [-0.39, 0.29) is 0 Å². The topological polar surface area (TPSA) is 36.0 Å². The lowest BCUT2D eigenvalue weighted by molar-refractivity contribution is 0.219. The van der Waals surface area contributed by atoms with Gasteiger partial charge in [0.1, 0.15) is 6.10 Å². The summed E-state index contributed by atoms with van der Waals surface area (Å²) in [4.78, 5) is 3.24. The van der Waals surface area contributed by atoms with Crippen LogP contribution >= 0.6 is 0 Å². The molecule has 1 aromatic carbocycles. The Morgan fingerprint density at radius 3 is 3.00 bits per heavy atom. The van der Waals surface area contributed by atoms with Crippen LogP contribution in [-0.2, 0) is 6.42 Å². The van der Waals surface area contributed by atoms with Crippen molar-refractivity contribution < 1.29 is 5.11 Å². The number of aromatic nitrogens is 1. The number of benzene rings is 1. The standard InChI is InChI=1S/C14H15NO/c1-2-12(16)7-5-6-11-10-15-14-9-4-3-8-13(11)14/h1,3-4,8-10,12,15-16H,5-7H2. The van der Waals surface area contributed by atoms with Crippen molar-refractivity contribution in [2.75, 3.05) is 0 Å². The highest BCUT2D eigenvalue weighted by Gasteiger charge is 2.04. The molecule has 0 spiro atoms. The molecule has 2 heteroatoms. The number of aliphatic hydroxyl groups excluding tert-OH is 1. The van der Waals surface area contributed by atoms with Gasteiger partial charge in [0.05, 0.1) is 0 Å². The van der Waals surface area contributed by atoms with Crippen molar-refractivity contribution in [2.45, 2.75) is 25.4 Å². The predicted octanol–water partition coefficient (Wildman–Crippen LogP) is 2.48. The van der Waals surface area contributed by atoms with Crippen molar-refractivity contribution in [3.05, 3.63) is 36.0 Å². The minimum Gasteiger partial charge on any atom is -0.380 e. The lowest BCUT2D eigenvalue weighted by Gasteiger charge is -2.02. The number of aryl methyl sites for hydroxylation is 1. The Bertz CT molecular complexity index is 507. The van der Waals surface area contributed by atoms with Gasteiger partial charge in [-0.15, -0.1) is 6.42 Å². The summed E-state index contributed by atoms with van der Waals surface area (Å²) in [7, 11) is 0. The minimum atomic E-state index is -0.606. The Hall–Kier alpha value is -1.72. The van der Waals surface area contributed by atoms with E-state index in [2.05, 4.69) is 23.0 Å². The Kier molecular flexibility index (Phi) is 3.28. The maximum atomic E-state index is 9.26. The number of nitrogens with one attached hydrogen (secondary N) is 1. The molecule has 0 radical (unpaired) electrons. The maximum Gasteiger partial charge on any atom is 0.114 e. The number of hydrogen-bond acceptors (Lipinski definition) is 1. The zero-order valence-electron chi connectivity index (χ0n) is 9.11. The highest BCUT2D eigenvalue weighted by molar-refractivity contribution is 5.82. The highest BCUT2D eigenvalue weighted by Crippen LogP contribution is 2.19. The summed E-state index contributed by atoms with van der Waals surface area (Å²) < 4.78 is 0. The van der Waals surface area contributed by atoms with Gasteiger partial charge in [-0.25, -0.2) is 0 Å². The van der Waals surface area contributed by atoms with E-state index in [0.717, 1.165) is 18.4 Å². The van der Waals surface area contributed by atoms with Gasteiger partial charge < -0.3 is 10.1 Å². The van der Waals surface area contributed by atoms with Gasteiger partial charge >= 0.3 is 0 Å². The fraction of sp³-hybridized carbons (Fsp3) is 0.286. The molecule has 2 nitrogen and oxygen atoms in total. The number of rotatable bonds is 4. The Morgan fingerprint density at radius 1 is 1.38 bits per heavy atom. The van der Waals surface area contributed by atoms with Crippen molar-refractivity contribution in [3.8, 4) is 12.3 Å². The van der Waals surface area contributed by atoms with Gasteiger partial charge in [0.25, 0.3) is 0 Å². The van der Waals surface area contributed by atoms with Gasteiger partial charge in [-0.3, -0.25) is 0 Å². The molecule has 16 heavy (non-hydrogen) atoms. The summed E-state index contributed by atoms with van der Waals surface area (Å²) in [5, 5.41) is 10.5. The molecule has 0 fully saturated rings. The molecular formula is C14H15NO. The van der Waals surface area contributed by atoms with E-state index in [9.17, 15) is 5.11 Å². The number of hydrogen-bond donors (Lipinski definition) is 2. The van der Waals surface area contributed by atoms with E-state index in [1.165, 1.54) is 10.9 Å². The monoisotopic (exact) mass is 213 g/mol. The SMILES string of the molecule is C#CC(O)CCCc1c[nH]c2ccccc12. The summed E-state index contributed by atoms with van der Waals surface area (Å²) in [6.45, 7) is 0. The third-order valence-electron chi connectivity index (χ3n) is 2.79. The first kappa shape index (κ1) is 10.8. The minimum absolute atomic E-state index is 0.606. The summed E-state index contributed by atoms with van der Waals surface area (Å²) >= 11 is 0. The number of para-hydroxylation sites is 1. The fourth-order valence-corrected chi connectivity index (χ4v) is 1.91. The van der Waals surface area contributed by atoms with E-state index in [4.69, 9.17) is 6.42 Å². The predicted molar refractivity (Wildman–Crippen MR) is 66.1 cm³/mol. The zero-order valence-corrected chi connectivity index (χ0v) is 9.11. The number of aromatic amines is 1. The second-order valence-electron chi connectivity index (χ2n) is 3.93. The molecular weight excluding hydrogens is 198 g/mol. The molecule has 0 bridgehead atoms. The number of fused-ring (bicyclic) bond motifs is 1. The van der Waals surface area contributed by atoms with E-state index in [1.807, 2.05) is 18.3 Å². The van der Waals surface area contributed by atoms with Gasteiger partial charge in [0.2, 0.25) is 0 Å². The van der Waals surface area contributed by atoms with Crippen LogP contribution < -0.4 is 0 Å². The van der Waals surface area contributed by atoms with Gasteiger partial charge in [0, 0.05) is 17.1 Å². The Balaban J connectivity index is 2.02.